The molecule has 0 bridgehead atoms. The minimum Gasteiger partial charge on any atom is -0.491 e. The summed E-state index contributed by atoms with van der Waals surface area (Å²) in [7, 11) is 0. The minimum absolute atomic E-state index is 0.187. The highest BCUT2D eigenvalue weighted by Gasteiger charge is 2.15. The van der Waals surface area contributed by atoms with Crippen LogP contribution in [0.1, 0.15) is 91.4 Å². The summed E-state index contributed by atoms with van der Waals surface area (Å²) in [6.45, 7) is 7.23. The number of nitrogens with zero attached hydrogens (tertiary/aromatic N) is 1. The second-order valence-electron chi connectivity index (χ2n) is 8.72. The van der Waals surface area contributed by atoms with Gasteiger partial charge in [0.05, 0.1) is 12.8 Å². The average Bonchev–Trinajstić information content (AvgIpc) is 2.82. The van der Waals surface area contributed by atoms with Crippen molar-refractivity contribution in [2.75, 3.05) is 6.61 Å². The maximum absolute atomic E-state index is 12.4. The third-order valence-electron chi connectivity index (χ3n) is 5.98. The lowest BCUT2D eigenvalue weighted by molar-refractivity contribution is -0.134. The molecule has 1 aromatic heterocycles. The zero-order valence-corrected chi connectivity index (χ0v) is 20.3. The fourth-order valence-electron chi connectivity index (χ4n) is 3.66. The Bertz CT molecular complexity index is 790. The molecule has 0 N–H and O–H groups in total. The Labute approximate surface area is 194 Å². The molecule has 0 aliphatic rings. The van der Waals surface area contributed by atoms with Gasteiger partial charge in [0.1, 0.15) is 11.5 Å². The molecule has 32 heavy (non-hydrogen) atoms. The van der Waals surface area contributed by atoms with E-state index < -0.39 is 0 Å². The molecule has 1 unspecified atom stereocenters. The van der Waals surface area contributed by atoms with Crippen LogP contribution in [-0.4, -0.2) is 17.6 Å². The summed E-state index contributed by atoms with van der Waals surface area (Å²) in [5, 5.41) is 0. The van der Waals surface area contributed by atoms with Crippen LogP contribution in [0, 0.1) is 5.92 Å². The summed E-state index contributed by atoms with van der Waals surface area (Å²) in [6.07, 6.45) is 16.0. The summed E-state index contributed by atoms with van der Waals surface area (Å²) in [4.78, 5) is 16.6. The van der Waals surface area contributed by atoms with Gasteiger partial charge in [0.25, 0.3) is 0 Å². The molecule has 1 heterocycles. The molecule has 176 valence electrons. The maximum atomic E-state index is 12.4. The van der Waals surface area contributed by atoms with Gasteiger partial charge in [-0.2, -0.15) is 0 Å². The lowest BCUT2D eigenvalue weighted by Gasteiger charge is -2.15. The standard InChI is InChI=1S/C28H41NO3/c1-4-6-7-8-9-10-11-14-21-31-27-22-29-20-19-25(27)24-15-12-13-16-26(24)32-28(30)18-17-23(3)5-2/h12-13,15-16,19-20,22-23H,4-11,14,17-18,21H2,1-3H3. The number of hydrogen-bond acceptors (Lipinski definition) is 4. The monoisotopic (exact) mass is 439 g/mol. The average molecular weight is 440 g/mol. The van der Waals surface area contributed by atoms with Crippen LogP contribution in [0.5, 0.6) is 11.5 Å². The van der Waals surface area contributed by atoms with Crippen molar-refractivity contribution < 1.29 is 14.3 Å². The Morgan fingerprint density at radius 3 is 2.34 bits per heavy atom. The molecule has 0 fully saturated rings. The number of pyridine rings is 1. The summed E-state index contributed by atoms with van der Waals surface area (Å²) in [5.41, 5.74) is 1.77. The van der Waals surface area contributed by atoms with Crippen LogP contribution in [0.15, 0.2) is 42.7 Å². The topological polar surface area (TPSA) is 48.4 Å². The molecule has 1 aromatic carbocycles. The van der Waals surface area contributed by atoms with Crippen LogP contribution in [-0.2, 0) is 4.79 Å². The smallest absolute Gasteiger partial charge is 0.311 e. The van der Waals surface area contributed by atoms with E-state index in [4.69, 9.17) is 9.47 Å². The van der Waals surface area contributed by atoms with Crippen LogP contribution < -0.4 is 9.47 Å². The van der Waals surface area contributed by atoms with Gasteiger partial charge in [0.2, 0.25) is 0 Å². The van der Waals surface area contributed by atoms with E-state index in [1.165, 1.54) is 44.9 Å². The van der Waals surface area contributed by atoms with E-state index in [0.717, 1.165) is 36.1 Å². The van der Waals surface area contributed by atoms with E-state index in [0.29, 0.717) is 24.7 Å². The van der Waals surface area contributed by atoms with Gasteiger partial charge in [-0.1, -0.05) is 90.3 Å². The fourth-order valence-corrected chi connectivity index (χ4v) is 3.66. The Hall–Kier alpha value is -2.36. The first-order valence-electron chi connectivity index (χ1n) is 12.5. The molecular weight excluding hydrogens is 398 g/mol. The first-order chi connectivity index (χ1) is 15.7. The van der Waals surface area contributed by atoms with Gasteiger partial charge in [-0.25, -0.2) is 0 Å². The zero-order chi connectivity index (χ0) is 23.0. The first kappa shape index (κ1) is 25.9. The summed E-state index contributed by atoms with van der Waals surface area (Å²) in [6, 6.07) is 9.58. The number of hydrogen-bond donors (Lipinski definition) is 0. The Morgan fingerprint density at radius 2 is 1.59 bits per heavy atom. The van der Waals surface area contributed by atoms with Crippen LogP contribution in [0.25, 0.3) is 11.1 Å². The molecule has 0 saturated carbocycles. The third kappa shape index (κ3) is 9.42. The molecule has 2 aromatic rings. The zero-order valence-electron chi connectivity index (χ0n) is 20.3. The number of esters is 1. The number of rotatable bonds is 16. The Morgan fingerprint density at radius 1 is 0.906 bits per heavy atom. The van der Waals surface area contributed by atoms with Crippen LogP contribution >= 0.6 is 0 Å². The van der Waals surface area contributed by atoms with Crippen molar-refractivity contribution in [3.05, 3.63) is 42.7 Å². The van der Waals surface area contributed by atoms with E-state index in [9.17, 15) is 4.79 Å². The van der Waals surface area contributed by atoms with E-state index in [-0.39, 0.29) is 5.97 Å². The lowest BCUT2D eigenvalue weighted by atomic mass is 10.0. The largest absolute Gasteiger partial charge is 0.491 e. The van der Waals surface area contributed by atoms with Gasteiger partial charge >= 0.3 is 5.97 Å². The molecule has 0 aliphatic heterocycles. The molecule has 0 amide bonds. The number of aromatic nitrogens is 1. The van der Waals surface area contributed by atoms with E-state index in [1.807, 2.05) is 30.3 Å². The minimum atomic E-state index is -0.187. The molecule has 2 rings (SSSR count). The van der Waals surface area contributed by atoms with Gasteiger partial charge in [-0.05, 0) is 30.9 Å². The molecule has 4 nitrogen and oxygen atoms in total. The van der Waals surface area contributed by atoms with E-state index >= 15 is 0 Å². The Kier molecular flexibility index (Phi) is 12.5. The number of carbonyl (C=O) groups is 1. The maximum Gasteiger partial charge on any atom is 0.311 e. The van der Waals surface area contributed by atoms with Crippen molar-refractivity contribution in [2.45, 2.75) is 91.4 Å². The van der Waals surface area contributed by atoms with Crippen LogP contribution in [0.2, 0.25) is 0 Å². The summed E-state index contributed by atoms with van der Waals surface area (Å²) in [5.74, 6) is 1.64. The van der Waals surface area contributed by atoms with Crippen LogP contribution in [0.3, 0.4) is 0 Å². The van der Waals surface area contributed by atoms with Gasteiger partial charge < -0.3 is 9.47 Å². The van der Waals surface area contributed by atoms with Crippen molar-refractivity contribution in [3.8, 4) is 22.6 Å². The van der Waals surface area contributed by atoms with Gasteiger partial charge in [-0.15, -0.1) is 0 Å². The van der Waals surface area contributed by atoms with Gasteiger partial charge in [0, 0.05) is 23.7 Å². The van der Waals surface area contributed by atoms with Crippen molar-refractivity contribution >= 4 is 5.97 Å². The predicted octanol–water partition coefficient (Wildman–Crippen LogP) is 8.00. The number of para-hydroxylation sites is 1. The predicted molar refractivity (Wildman–Crippen MR) is 132 cm³/mol. The molecule has 0 spiro atoms. The van der Waals surface area contributed by atoms with Crippen molar-refractivity contribution in [3.63, 3.8) is 0 Å². The summed E-state index contributed by atoms with van der Waals surface area (Å²) < 4.78 is 11.8. The quantitative estimate of drug-likeness (QED) is 0.151. The van der Waals surface area contributed by atoms with Crippen molar-refractivity contribution in [1.82, 2.24) is 4.98 Å². The molecule has 0 saturated heterocycles. The lowest BCUT2D eigenvalue weighted by Crippen LogP contribution is -2.10. The van der Waals surface area contributed by atoms with Crippen molar-refractivity contribution in [1.29, 1.82) is 0 Å². The fraction of sp³-hybridized carbons (Fsp3) is 0.571. The second kappa shape index (κ2) is 15.4. The van der Waals surface area contributed by atoms with Gasteiger partial charge in [0.15, 0.2) is 0 Å². The first-order valence-corrected chi connectivity index (χ1v) is 12.5. The van der Waals surface area contributed by atoms with Gasteiger partial charge in [-0.3, -0.25) is 9.78 Å². The van der Waals surface area contributed by atoms with Crippen molar-refractivity contribution in [2.24, 2.45) is 5.92 Å². The molecule has 1 atom stereocenters. The second-order valence-corrected chi connectivity index (χ2v) is 8.72. The SMILES string of the molecule is CCCCCCCCCCOc1cnccc1-c1ccccc1OC(=O)CCC(C)CC. The highest BCUT2D eigenvalue weighted by atomic mass is 16.5. The number of carbonyl (C=O) groups excluding carboxylic acids is 1. The summed E-state index contributed by atoms with van der Waals surface area (Å²) >= 11 is 0. The van der Waals surface area contributed by atoms with E-state index in [2.05, 4.69) is 25.8 Å². The third-order valence-corrected chi connectivity index (χ3v) is 5.98. The number of benzene rings is 1. The van der Waals surface area contributed by atoms with Crippen LogP contribution in [0.4, 0.5) is 0 Å². The normalized spacial score (nSPS) is 11.8. The number of unbranched alkanes of at least 4 members (excludes halogenated alkanes) is 7. The highest BCUT2D eigenvalue weighted by Crippen LogP contribution is 2.36. The number of ether oxygens (including phenoxy) is 2. The Balaban J connectivity index is 1.92. The molecule has 4 heteroatoms. The molecular formula is C28H41NO3. The highest BCUT2D eigenvalue weighted by molar-refractivity contribution is 5.80. The molecule has 0 aliphatic carbocycles. The van der Waals surface area contributed by atoms with E-state index in [1.54, 1.807) is 12.4 Å². The molecule has 0 radical (unpaired) electrons.